The Morgan fingerprint density at radius 3 is 2.45 bits per heavy atom. The van der Waals surface area contributed by atoms with E-state index in [9.17, 15) is 8.42 Å². The molecule has 0 saturated heterocycles. The summed E-state index contributed by atoms with van der Waals surface area (Å²) in [7, 11) is -1.99. The molecule has 0 spiro atoms. The van der Waals surface area contributed by atoms with E-state index >= 15 is 0 Å². The molecule has 0 amide bonds. The van der Waals surface area contributed by atoms with E-state index in [1.54, 1.807) is 31.4 Å². The molecule has 7 heteroatoms. The second-order valence-corrected chi connectivity index (χ2v) is 6.58. The molecule has 5 nitrogen and oxygen atoms in total. The molecule has 0 fully saturated rings. The van der Waals surface area contributed by atoms with Crippen molar-refractivity contribution in [3.8, 4) is 11.5 Å². The lowest BCUT2D eigenvalue weighted by Gasteiger charge is -2.09. The Morgan fingerprint density at radius 1 is 1.09 bits per heavy atom. The molecular weight excluding hydrogens is 326 g/mol. The zero-order valence-electron chi connectivity index (χ0n) is 12.0. The first-order chi connectivity index (χ1) is 10.5. The highest BCUT2D eigenvalue weighted by atomic mass is 35.5. The largest absolute Gasteiger partial charge is 0.497 e. The van der Waals surface area contributed by atoms with Gasteiger partial charge in [-0.25, -0.2) is 13.1 Å². The van der Waals surface area contributed by atoms with Crippen LogP contribution in [0.3, 0.4) is 0 Å². The minimum absolute atomic E-state index is 0.155. The van der Waals surface area contributed by atoms with Crippen LogP contribution in [0.1, 0.15) is 0 Å². The lowest BCUT2D eigenvalue weighted by atomic mass is 10.3. The van der Waals surface area contributed by atoms with Gasteiger partial charge in [-0.15, -0.1) is 0 Å². The minimum atomic E-state index is -3.56. The van der Waals surface area contributed by atoms with E-state index in [-0.39, 0.29) is 18.0 Å². The van der Waals surface area contributed by atoms with Gasteiger partial charge in [-0.05, 0) is 36.4 Å². The van der Waals surface area contributed by atoms with Crippen LogP contribution in [0.4, 0.5) is 0 Å². The van der Waals surface area contributed by atoms with Crippen molar-refractivity contribution in [1.29, 1.82) is 0 Å². The summed E-state index contributed by atoms with van der Waals surface area (Å²) in [5.74, 6) is 1.30. The van der Waals surface area contributed by atoms with Crippen molar-refractivity contribution < 1.29 is 17.9 Å². The fourth-order valence-corrected chi connectivity index (χ4v) is 2.87. The third-order valence-electron chi connectivity index (χ3n) is 2.83. The van der Waals surface area contributed by atoms with E-state index in [1.165, 1.54) is 24.3 Å². The maximum atomic E-state index is 12.0. The van der Waals surface area contributed by atoms with Crippen LogP contribution in [0.5, 0.6) is 11.5 Å². The number of hydrogen-bond donors (Lipinski definition) is 1. The lowest BCUT2D eigenvalue weighted by Crippen LogP contribution is -2.28. The molecule has 22 heavy (non-hydrogen) atoms. The predicted octanol–water partition coefficient (Wildman–Crippen LogP) is 2.71. The molecule has 1 N–H and O–H groups in total. The molecule has 0 aliphatic heterocycles. The quantitative estimate of drug-likeness (QED) is 0.786. The Hall–Kier alpha value is -1.76. The van der Waals surface area contributed by atoms with Gasteiger partial charge in [0, 0.05) is 17.6 Å². The van der Waals surface area contributed by atoms with Crippen LogP contribution in [0.2, 0.25) is 5.02 Å². The molecular formula is C15H16ClNO4S. The molecule has 0 aromatic heterocycles. The predicted molar refractivity (Wildman–Crippen MR) is 85.1 cm³/mol. The van der Waals surface area contributed by atoms with Crippen LogP contribution in [0.15, 0.2) is 53.4 Å². The fraction of sp³-hybridized carbons (Fsp3) is 0.200. The van der Waals surface area contributed by atoms with Crippen LogP contribution in [-0.4, -0.2) is 28.7 Å². The number of hydrogen-bond acceptors (Lipinski definition) is 4. The number of nitrogens with one attached hydrogen (secondary N) is 1. The van der Waals surface area contributed by atoms with Gasteiger partial charge >= 0.3 is 0 Å². The molecule has 0 unspecified atom stereocenters. The molecule has 118 valence electrons. The fourth-order valence-electron chi connectivity index (χ4n) is 1.73. The molecule has 0 atom stereocenters. The van der Waals surface area contributed by atoms with Gasteiger partial charge in [0.2, 0.25) is 10.0 Å². The van der Waals surface area contributed by atoms with Crippen LogP contribution in [-0.2, 0) is 10.0 Å². The van der Waals surface area contributed by atoms with E-state index in [2.05, 4.69) is 4.72 Å². The van der Waals surface area contributed by atoms with Gasteiger partial charge in [-0.3, -0.25) is 0 Å². The Bertz CT molecular complexity index is 717. The third-order valence-corrected chi connectivity index (χ3v) is 4.56. The smallest absolute Gasteiger partial charge is 0.240 e. The molecule has 0 aliphatic rings. The molecule has 0 radical (unpaired) electrons. The second-order valence-electron chi connectivity index (χ2n) is 4.38. The maximum absolute atomic E-state index is 12.0. The van der Waals surface area contributed by atoms with E-state index in [0.29, 0.717) is 16.5 Å². The van der Waals surface area contributed by atoms with Crippen LogP contribution in [0.25, 0.3) is 0 Å². The maximum Gasteiger partial charge on any atom is 0.240 e. The van der Waals surface area contributed by atoms with Gasteiger partial charge in [0.05, 0.1) is 12.0 Å². The Morgan fingerprint density at radius 2 is 1.77 bits per heavy atom. The lowest BCUT2D eigenvalue weighted by molar-refractivity contribution is 0.320. The van der Waals surface area contributed by atoms with Gasteiger partial charge in [-0.1, -0.05) is 17.7 Å². The van der Waals surface area contributed by atoms with E-state index in [0.717, 1.165) is 0 Å². The average molecular weight is 342 g/mol. The summed E-state index contributed by atoms with van der Waals surface area (Å²) in [6, 6.07) is 13.1. The normalized spacial score (nSPS) is 11.2. The summed E-state index contributed by atoms with van der Waals surface area (Å²) in [5, 5.41) is 0.486. The first-order valence-corrected chi connectivity index (χ1v) is 8.39. The van der Waals surface area contributed by atoms with Crippen molar-refractivity contribution in [3.05, 3.63) is 53.6 Å². The van der Waals surface area contributed by atoms with E-state index in [4.69, 9.17) is 21.1 Å². The topological polar surface area (TPSA) is 64.6 Å². The number of benzene rings is 2. The minimum Gasteiger partial charge on any atom is -0.497 e. The van der Waals surface area contributed by atoms with Gasteiger partial charge in [-0.2, -0.15) is 0 Å². The van der Waals surface area contributed by atoms with Gasteiger partial charge in [0.25, 0.3) is 0 Å². The van der Waals surface area contributed by atoms with Crippen molar-refractivity contribution >= 4 is 21.6 Å². The molecule has 2 rings (SSSR count). The summed E-state index contributed by atoms with van der Waals surface area (Å²) in [6.45, 7) is 0.363. The number of methoxy groups -OCH3 is 1. The number of halogens is 1. The molecule has 0 bridgehead atoms. The van der Waals surface area contributed by atoms with Crippen molar-refractivity contribution in [2.24, 2.45) is 0 Å². The summed E-state index contributed by atoms with van der Waals surface area (Å²) in [5.41, 5.74) is 0. The molecule has 2 aromatic rings. The number of sulfonamides is 1. The van der Waals surface area contributed by atoms with Crippen LogP contribution >= 0.6 is 11.6 Å². The SMILES string of the molecule is COc1cccc(OCCNS(=O)(=O)c2ccc(Cl)cc2)c1. The molecule has 0 heterocycles. The summed E-state index contributed by atoms with van der Waals surface area (Å²) >= 11 is 5.74. The molecule has 0 saturated carbocycles. The second kappa shape index (κ2) is 7.49. The van der Waals surface area contributed by atoms with Crippen LogP contribution in [0, 0.1) is 0 Å². The van der Waals surface area contributed by atoms with Crippen molar-refractivity contribution in [2.75, 3.05) is 20.3 Å². The average Bonchev–Trinajstić information content (AvgIpc) is 2.52. The summed E-state index contributed by atoms with van der Waals surface area (Å²) in [4.78, 5) is 0.165. The molecule has 2 aromatic carbocycles. The van der Waals surface area contributed by atoms with E-state index in [1.807, 2.05) is 0 Å². The third kappa shape index (κ3) is 4.62. The Balaban J connectivity index is 1.86. The van der Waals surface area contributed by atoms with Crippen molar-refractivity contribution in [3.63, 3.8) is 0 Å². The zero-order chi connectivity index (χ0) is 16.0. The van der Waals surface area contributed by atoms with Crippen LogP contribution < -0.4 is 14.2 Å². The van der Waals surface area contributed by atoms with Gasteiger partial charge in [0.15, 0.2) is 0 Å². The highest BCUT2D eigenvalue weighted by molar-refractivity contribution is 7.89. The highest BCUT2D eigenvalue weighted by Crippen LogP contribution is 2.18. The Kier molecular flexibility index (Phi) is 5.65. The summed E-state index contributed by atoms with van der Waals surface area (Å²) in [6.07, 6.45) is 0. The van der Waals surface area contributed by atoms with E-state index < -0.39 is 10.0 Å². The standard InChI is InChI=1S/C15H16ClNO4S/c1-20-13-3-2-4-14(11-13)21-10-9-17-22(18,19)15-7-5-12(16)6-8-15/h2-8,11,17H,9-10H2,1H3. The number of ether oxygens (including phenoxy) is 2. The highest BCUT2D eigenvalue weighted by Gasteiger charge is 2.12. The monoisotopic (exact) mass is 341 g/mol. The molecule has 0 aliphatic carbocycles. The summed E-state index contributed by atoms with van der Waals surface area (Å²) < 4.78 is 37.1. The van der Waals surface area contributed by atoms with Gasteiger partial charge in [0.1, 0.15) is 18.1 Å². The van der Waals surface area contributed by atoms with Crippen molar-refractivity contribution in [1.82, 2.24) is 4.72 Å². The van der Waals surface area contributed by atoms with Gasteiger partial charge < -0.3 is 9.47 Å². The first-order valence-electron chi connectivity index (χ1n) is 6.53. The van der Waals surface area contributed by atoms with Crippen molar-refractivity contribution in [2.45, 2.75) is 4.90 Å². The number of rotatable bonds is 7. The first kappa shape index (κ1) is 16.6. The Labute approximate surface area is 134 Å². The zero-order valence-corrected chi connectivity index (χ0v) is 13.5.